The summed E-state index contributed by atoms with van der Waals surface area (Å²) in [6, 6.07) is 15.3. The average molecular weight is 376 g/mol. The predicted octanol–water partition coefficient (Wildman–Crippen LogP) is 4.22. The SMILES string of the molecule is COc1ccc(C(CNCc2ccc(OC(F)F)cc2)N2CCCC2)cc1. The lowest BCUT2D eigenvalue weighted by atomic mass is 10.0. The van der Waals surface area contributed by atoms with Crippen LogP contribution < -0.4 is 14.8 Å². The van der Waals surface area contributed by atoms with Crippen LogP contribution in [0, 0.1) is 0 Å². The largest absolute Gasteiger partial charge is 0.497 e. The molecule has 1 fully saturated rings. The molecule has 1 saturated heterocycles. The molecule has 2 aromatic rings. The number of hydrogen-bond donors (Lipinski definition) is 1. The van der Waals surface area contributed by atoms with Crippen LogP contribution >= 0.6 is 0 Å². The monoisotopic (exact) mass is 376 g/mol. The van der Waals surface area contributed by atoms with Gasteiger partial charge in [0.1, 0.15) is 11.5 Å². The molecule has 27 heavy (non-hydrogen) atoms. The van der Waals surface area contributed by atoms with Gasteiger partial charge in [-0.2, -0.15) is 8.78 Å². The fraction of sp³-hybridized carbons (Fsp3) is 0.429. The van der Waals surface area contributed by atoms with E-state index in [4.69, 9.17) is 4.74 Å². The van der Waals surface area contributed by atoms with Crippen molar-refractivity contribution in [1.29, 1.82) is 0 Å². The van der Waals surface area contributed by atoms with E-state index in [1.165, 1.54) is 18.4 Å². The Morgan fingerprint density at radius 1 is 0.963 bits per heavy atom. The first-order chi connectivity index (χ1) is 13.2. The molecule has 146 valence electrons. The van der Waals surface area contributed by atoms with Crippen molar-refractivity contribution in [2.45, 2.75) is 32.0 Å². The summed E-state index contributed by atoms with van der Waals surface area (Å²) < 4.78 is 34.1. The van der Waals surface area contributed by atoms with Gasteiger partial charge in [-0.25, -0.2) is 0 Å². The number of alkyl halides is 2. The Bertz CT molecular complexity index is 686. The molecule has 1 aliphatic heterocycles. The van der Waals surface area contributed by atoms with E-state index in [0.29, 0.717) is 12.6 Å². The van der Waals surface area contributed by atoms with Crippen LogP contribution in [0.1, 0.15) is 30.0 Å². The maximum Gasteiger partial charge on any atom is 0.387 e. The van der Waals surface area contributed by atoms with Gasteiger partial charge in [-0.15, -0.1) is 0 Å². The highest BCUT2D eigenvalue weighted by atomic mass is 19.3. The van der Waals surface area contributed by atoms with E-state index in [2.05, 4.69) is 27.1 Å². The fourth-order valence-corrected chi connectivity index (χ4v) is 3.48. The number of hydrogen-bond acceptors (Lipinski definition) is 4. The van der Waals surface area contributed by atoms with Crippen molar-refractivity contribution in [3.05, 3.63) is 59.7 Å². The van der Waals surface area contributed by atoms with Gasteiger partial charge in [0.15, 0.2) is 0 Å². The number of nitrogens with zero attached hydrogens (tertiary/aromatic N) is 1. The van der Waals surface area contributed by atoms with Crippen molar-refractivity contribution in [2.75, 3.05) is 26.7 Å². The summed E-state index contributed by atoms with van der Waals surface area (Å²) in [6.07, 6.45) is 2.47. The molecule has 6 heteroatoms. The van der Waals surface area contributed by atoms with Gasteiger partial charge in [0.25, 0.3) is 0 Å². The maximum atomic E-state index is 12.2. The van der Waals surface area contributed by atoms with E-state index in [1.54, 1.807) is 19.2 Å². The van der Waals surface area contributed by atoms with E-state index in [9.17, 15) is 8.78 Å². The van der Waals surface area contributed by atoms with Crippen LogP contribution in [-0.2, 0) is 6.54 Å². The van der Waals surface area contributed by atoms with Gasteiger partial charge in [0.05, 0.1) is 7.11 Å². The zero-order valence-electron chi connectivity index (χ0n) is 15.5. The molecule has 0 saturated carbocycles. The second kappa shape index (κ2) is 9.67. The molecule has 0 radical (unpaired) electrons. The number of nitrogens with one attached hydrogen (secondary N) is 1. The van der Waals surface area contributed by atoms with E-state index in [1.807, 2.05) is 24.3 Å². The average Bonchev–Trinajstić information content (AvgIpc) is 3.21. The van der Waals surface area contributed by atoms with E-state index in [-0.39, 0.29) is 5.75 Å². The minimum Gasteiger partial charge on any atom is -0.497 e. The van der Waals surface area contributed by atoms with Crippen molar-refractivity contribution in [3.8, 4) is 11.5 Å². The molecule has 0 aromatic heterocycles. The van der Waals surface area contributed by atoms with Crippen molar-refractivity contribution >= 4 is 0 Å². The molecule has 3 rings (SSSR count). The first-order valence-corrected chi connectivity index (χ1v) is 9.28. The number of halogens is 2. The van der Waals surface area contributed by atoms with Gasteiger partial charge in [-0.1, -0.05) is 24.3 Å². The fourth-order valence-electron chi connectivity index (χ4n) is 3.48. The van der Waals surface area contributed by atoms with E-state index >= 15 is 0 Å². The molecule has 0 amide bonds. The third-order valence-corrected chi connectivity index (χ3v) is 4.90. The van der Waals surface area contributed by atoms with E-state index in [0.717, 1.165) is 30.9 Å². The smallest absolute Gasteiger partial charge is 0.387 e. The number of methoxy groups -OCH3 is 1. The zero-order chi connectivity index (χ0) is 19.1. The summed E-state index contributed by atoms with van der Waals surface area (Å²) in [5.41, 5.74) is 2.30. The lowest BCUT2D eigenvalue weighted by Gasteiger charge is -2.28. The molecule has 1 unspecified atom stereocenters. The van der Waals surface area contributed by atoms with Gasteiger partial charge >= 0.3 is 6.61 Å². The molecule has 1 heterocycles. The number of ether oxygens (including phenoxy) is 2. The van der Waals surface area contributed by atoms with Gasteiger partial charge in [0, 0.05) is 19.1 Å². The van der Waals surface area contributed by atoms with Crippen LogP contribution in [0.15, 0.2) is 48.5 Å². The lowest BCUT2D eigenvalue weighted by Crippen LogP contribution is -2.34. The van der Waals surface area contributed by atoms with Crippen LogP contribution in [0.3, 0.4) is 0 Å². The minimum atomic E-state index is -2.79. The Kier molecular flexibility index (Phi) is 7.01. The van der Waals surface area contributed by atoms with Crippen molar-refractivity contribution < 1.29 is 18.3 Å². The molecular formula is C21H26F2N2O2. The summed E-state index contributed by atoms with van der Waals surface area (Å²) in [5, 5.41) is 3.50. The highest BCUT2D eigenvalue weighted by molar-refractivity contribution is 5.30. The Morgan fingerprint density at radius 3 is 2.19 bits per heavy atom. The molecule has 4 nitrogen and oxygen atoms in total. The Labute approximate surface area is 159 Å². The van der Waals surface area contributed by atoms with Crippen LogP contribution in [0.2, 0.25) is 0 Å². The predicted molar refractivity (Wildman–Crippen MR) is 101 cm³/mol. The first kappa shape index (κ1) is 19.6. The second-order valence-electron chi connectivity index (χ2n) is 6.69. The van der Waals surface area contributed by atoms with E-state index < -0.39 is 6.61 Å². The third-order valence-electron chi connectivity index (χ3n) is 4.90. The standard InChI is InChI=1S/C21H26F2N2O2/c1-26-18-10-6-17(7-11-18)20(25-12-2-3-13-25)15-24-14-16-4-8-19(9-5-16)27-21(22)23/h4-11,20-21,24H,2-3,12-15H2,1H3. The molecule has 1 N–H and O–H groups in total. The second-order valence-corrected chi connectivity index (χ2v) is 6.69. The zero-order valence-corrected chi connectivity index (χ0v) is 15.5. The number of benzene rings is 2. The molecule has 0 spiro atoms. The lowest BCUT2D eigenvalue weighted by molar-refractivity contribution is -0.0498. The van der Waals surface area contributed by atoms with Crippen LogP contribution in [0.25, 0.3) is 0 Å². The van der Waals surface area contributed by atoms with Gasteiger partial charge in [-0.3, -0.25) is 4.90 Å². The molecule has 1 atom stereocenters. The Morgan fingerprint density at radius 2 is 1.59 bits per heavy atom. The minimum absolute atomic E-state index is 0.182. The number of likely N-dealkylation sites (tertiary alicyclic amines) is 1. The van der Waals surface area contributed by atoms with Crippen LogP contribution in [0.5, 0.6) is 11.5 Å². The molecule has 0 bridgehead atoms. The van der Waals surface area contributed by atoms with Crippen LogP contribution in [0.4, 0.5) is 8.78 Å². The van der Waals surface area contributed by atoms with Gasteiger partial charge in [0.2, 0.25) is 0 Å². The molecule has 1 aliphatic rings. The van der Waals surface area contributed by atoms with Crippen molar-refractivity contribution in [3.63, 3.8) is 0 Å². The summed E-state index contributed by atoms with van der Waals surface area (Å²) >= 11 is 0. The van der Waals surface area contributed by atoms with Crippen molar-refractivity contribution in [2.24, 2.45) is 0 Å². The molecule has 0 aliphatic carbocycles. The third kappa shape index (κ3) is 5.65. The summed E-state index contributed by atoms with van der Waals surface area (Å²) in [7, 11) is 1.67. The highest BCUT2D eigenvalue weighted by Gasteiger charge is 2.23. The summed E-state index contributed by atoms with van der Waals surface area (Å²) in [4.78, 5) is 2.51. The summed E-state index contributed by atoms with van der Waals surface area (Å²) in [5.74, 6) is 1.04. The quantitative estimate of drug-likeness (QED) is 0.710. The summed E-state index contributed by atoms with van der Waals surface area (Å²) in [6.45, 7) is 0.923. The van der Waals surface area contributed by atoms with Gasteiger partial charge < -0.3 is 14.8 Å². The van der Waals surface area contributed by atoms with Crippen LogP contribution in [-0.4, -0.2) is 38.3 Å². The molecular weight excluding hydrogens is 350 g/mol. The Balaban J connectivity index is 1.59. The number of rotatable bonds is 9. The maximum absolute atomic E-state index is 12.2. The topological polar surface area (TPSA) is 33.7 Å². The normalized spacial score (nSPS) is 15.9. The highest BCUT2D eigenvalue weighted by Crippen LogP contribution is 2.26. The van der Waals surface area contributed by atoms with Crippen molar-refractivity contribution in [1.82, 2.24) is 10.2 Å². The first-order valence-electron chi connectivity index (χ1n) is 9.28. The van der Waals surface area contributed by atoms with Gasteiger partial charge in [-0.05, 0) is 61.3 Å². The molecule has 2 aromatic carbocycles. The Hall–Kier alpha value is -2.18.